The summed E-state index contributed by atoms with van der Waals surface area (Å²) in [5.74, 6) is -0.575. The van der Waals surface area contributed by atoms with Gasteiger partial charge in [0.1, 0.15) is 17.3 Å². The highest BCUT2D eigenvalue weighted by molar-refractivity contribution is 5.99. The van der Waals surface area contributed by atoms with Crippen LogP contribution in [0.25, 0.3) is 10.9 Å². The largest absolute Gasteiger partial charge is 0.508 e. The molecule has 0 aliphatic carbocycles. The number of fused-ring (bicyclic) bond motifs is 1. The van der Waals surface area contributed by atoms with Gasteiger partial charge in [0.25, 0.3) is 11.8 Å². The van der Waals surface area contributed by atoms with Crippen LogP contribution in [-0.2, 0) is 6.54 Å². The second-order valence-corrected chi connectivity index (χ2v) is 8.40. The molecule has 34 heavy (non-hydrogen) atoms. The van der Waals surface area contributed by atoms with Gasteiger partial charge in [-0.25, -0.2) is 4.39 Å². The van der Waals surface area contributed by atoms with E-state index in [2.05, 4.69) is 0 Å². The lowest BCUT2D eigenvalue weighted by atomic mass is 10.1. The third kappa shape index (κ3) is 4.12. The number of nitrogens with zero attached hydrogens (tertiary/aromatic N) is 3. The van der Waals surface area contributed by atoms with E-state index < -0.39 is 0 Å². The third-order valence-electron chi connectivity index (χ3n) is 6.26. The van der Waals surface area contributed by atoms with Crippen LogP contribution in [0.2, 0.25) is 0 Å². The van der Waals surface area contributed by atoms with Crippen LogP contribution in [0.4, 0.5) is 4.39 Å². The number of hydrogen-bond acceptors (Lipinski definition) is 3. The van der Waals surface area contributed by atoms with Gasteiger partial charge in [0, 0.05) is 48.2 Å². The van der Waals surface area contributed by atoms with Crippen LogP contribution < -0.4 is 0 Å². The number of hydrogen-bond donors (Lipinski definition) is 1. The average molecular weight is 458 g/mol. The van der Waals surface area contributed by atoms with Gasteiger partial charge in [-0.05, 0) is 36.4 Å². The SMILES string of the molecule is O=C(c1cccc(O)c1)N1CCN(C(=O)c2cc3ccccc3n2Cc2ccccc2F)CC1. The number of halogens is 1. The first-order valence-electron chi connectivity index (χ1n) is 11.2. The molecule has 0 unspecified atom stereocenters. The molecule has 6 nitrogen and oxygen atoms in total. The molecule has 3 aromatic carbocycles. The Hall–Kier alpha value is -4.13. The molecule has 2 amide bonds. The molecule has 4 aromatic rings. The number of aromatic hydroxyl groups is 1. The van der Waals surface area contributed by atoms with Crippen LogP contribution in [0, 0.1) is 5.82 Å². The van der Waals surface area contributed by atoms with Gasteiger partial charge in [0.2, 0.25) is 0 Å². The normalized spacial score (nSPS) is 13.9. The summed E-state index contributed by atoms with van der Waals surface area (Å²) < 4.78 is 16.3. The van der Waals surface area contributed by atoms with Gasteiger partial charge in [-0.15, -0.1) is 0 Å². The van der Waals surface area contributed by atoms with Gasteiger partial charge in [0.05, 0.1) is 6.54 Å². The number of benzene rings is 3. The lowest BCUT2D eigenvalue weighted by Crippen LogP contribution is -2.50. The Morgan fingerprint density at radius 1 is 0.794 bits per heavy atom. The van der Waals surface area contributed by atoms with E-state index in [9.17, 15) is 19.1 Å². The molecule has 0 radical (unpaired) electrons. The molecule has 172 valence electrons. The minimum Gasteiger partial charge on any atom is -0.508 e. The summed E-state index contributed by atoms with van der Waals surface area (Å²) in [4.78, 5) is 29.7. The van der Waals surface area contributed by atoms with E-state index in [1.165, 1.54) is 18.2 Å². The number of phenols is 1. The summed E-state index contributed by atoms with van der Waals surface area (Å²) in [7, 11) is 0. The predicted molar refractivity (Wildman–Crippen MR) is 127 cm³/mol. The predicted octanol–water partition coefficient (Wildman–Crippen LogP) is 4.13. The molecule has 0 atom stereocenters. The second-order valence-electron chi connectivity index (χ2n) is 8.40. The van der Waals surface area contributed by atoms with Crippen LogP contribution in [0.5, 0.6) is 5.75 Å². The molecule has 1 saturated heterocycles. The Bertz CT molecular complexity index is 1370. The summed E-state index contributed by atoms with van der Waals surface area (Å²) in [6, 6.07) is 22.4. The monoisotopic (exact) mass is 457 g/mol. The molecule has 0 saturated carbocycles. The quantitative estimate of drug-likeness (QED) is 0.501. The van der Waals surface area contributed by atoms with Gasteiger partial charge >= 0.3 is 0 Å². The molecule has 1 aromatic heterocycles. The zero-order valence-corrected chi connectivity index (χ0v) is 18.5. The van der Waals surface area contributed by atoms with Crippen molar-refractivity contribution in [2.24, 2.45) is 0 Å². The van der Waals surface area contributed by atoms with E-state index in [0.29, 0.717) is 43.0 Å². The van der Waals surface area contributed by atoms with Crippen molar-refractivity contribution in [2.45, 2.75) is 6.54 Å². The van der Waals surface area contributed by atoms with Crippen LogP contribution >= 0.6 is 0 Å². The summed E-state index contributed by atoms with van der Waals surface area (Å²) in [6.07, 6.45) is 0. The average Bonchev–Trinajstić information content (AvgIpc) is 3.23. The maximum atomic E-state index is 14.4. The van der Waals surface area contributed by atoms with Gasteiger partial charge in [-0.2, -0.15) is 0 Å². The molecular formula is C27H24FN3O3. The number of aromatic nitrogens is 1. The summed E-state index contributed by atoms with van der Waals surface area (Å²) in [6.45, 7) is 1.83. The van der Waals surface area contributed by atoms with Crippen molar-refractivity contribution in [1.29, 1.82) is 0 Å². The fraction of sp³-hybridized carbons (Fsp3) is 0.185. The van der Waals surface area contributed by atoms with E-state index in [1.54, 1.807) is 40.1 Å². The van der Waals surface area contributed by atoms with Crippen LogP contribution in [-0.4, -0.2) is 57.5 Å². The Morgan fingerprint density at radius 2 is 1.47 bits per heavy atom. The lowest BCUT2D eigenvalue weighted by Gasteiger charge is -2.35. The molecule has 1 aliphatic heterocycles. The van der Waals surface area contributed by atoms with E-state index >= 15 is 0 Å². The highest BCUT2D eigenvalue weighted by Crippen LogP contribution is 2.24. The Balaban J connectivity index is 1.37. The summed E-state index contributed by atoms with van der Waals surface area (Å²) in [5, 5.41) is 10.6. The van der Waals surface area contributed by atoms with E-state index in [-0.39, 0.29) is 29.9 Å². The van der Waals surface area contributed by atoms with Crippen molar-refractivity contribution >= 4 is 22.7 Å². The highest BCUT2D eigenvalue weighted by atomic mass is 19.1. The number of phenolic OH excluding ortho intramolecular Hbond substituents is 1. The summed E-state index contributed by atoms with van der Waals surface area (Å²) in [5.41, 5.74) is 2.30. The van der Waals surface area contributed by atoms with Gasteiger partial charge in [-0.3, -0.25) is 9.59 Å². The number of para-hydroxylation sites is 1. The first-order valence-corrected chi connectivity index (χ1v) is 11.2. The van der Waals surface area contributed by atoms with E-state index in [1.807, 2.05) is 34.9 Å². The Morgan fingerprint density at radius 3 is 2.21 bits per heavy atom. The minimum atomic E-state index is -0.308. The molecular weight excluding hydrogens is 433 g/mol. The Labute approximate surface area is 196 Å². The van der Waals surface area contributed by atoms with Gasteiger partial charge in [-0.1, -0.05) is 42.5 Å². The summed E-state index contributed by atoms with van der Waals surface area (Å²) >= 11 is 0. The second kappa shape index (κ2) is 9.02. The molecule has 2 heterocycles. The maximum Gasteiger partial charge on any atom is 0.270 e. The maximum absolute atomic E-state index is 14.4. The fourth-order valence-corrected chi connectivity index (χ4v) is 4.45. The van der Waals surface area contributed by atoms with Crippen LogP contribution in [0.3, 0.4) is 0 Å². The van der Waals surface area contributed by atoms with Crippen molar-refractivity contribution in [3.8, 4) is 5.75 Å². The van der Waals surface area contributed by atoms with Gasteiger partial charge < -0.3 is 19.5 Å². The molecule has 0 spiro atoms. The highest BCUT2D eigenvalue weighted by Gasteiger charge is 2.28. The van der Waals surface area contributed by atoms with Crippen LogP contribution in [0.15, 0.2) is 78.9 Å². The van der Waals surface area contributed by atoms with Crippen molar-refractivity contribution in [1.82, 2.24) is 14.4 Å². The number of piperazine rings is 1. The number of carbonyl (C=O) groups is 2. The lowest BCUT2D eigenvalue weighted by molar-refractivity contribution is 0.0530. The molecule has 1 N–H and O–H groups in total. The van der Waals surface area contributed by atoms with Crippen molar-refractivity contribution in [3.63, 3.8) is 0 Å². The first kappa shape index (κ1) is 21.7. The third-order valence-corrected chi connectivity index (χ3v) is 6.26. The fourth-order valence-electron chi connectivity index (χ4n) is 4.45. The number of rotatable bonds is 4. The first-order chi connectivity index (χ1) is 16.5. The Kier molecular flexibility index (Phi) is 5.76. The number of amides is 2. The molecule has 1 fully saturated rings. The van der Waals surface area contributed by atoms with Gasteiger partial charge in [0.15, 0.2) is 0 Å². The van der Waals surface area contributed by atoms with Crippen molar-refractivity contribution in [3.05, 3.63) is 102 Å². The zero-order chi connectivity index (χ0) is 23.7. The molecule has 0 bridgehead atoms. The smallest absolute Gasteiger partial charge is 0.270 e. The topological polar surface area (TPSA) is 65.8 Å². The number of carbonyl (C=O) groups excluding carboxylic acids is 2. The molecule has 7 heteroatoms. The molecule has 1 aliphatic rings. The van der Waals surface area contributed by atoms with Crippen molar-refractivity contribution < 1.29 is 19.1 Å². The van der Waals surface area contributed by atoms with Crippen LogP contribution in [0.1, 0.15) is 26.4 Å². The molecule has 5 rings (SSSR count). The van der Waals surface area contributed by atoms with E-state index in [4.69, 9.17) is 0 Å². The van der Waals surface area contributed by atoms with Crippen molar-refractivity contribution in [2.75, 3.05) is 26.2 Å². The minimum absolute atomic E-state index is 0.0438. The van der Waals surface area contributed by atoms with E-state index in [0.717, 1.165) is 10.9 Å². The zero-order valence-electron chi connectivity index (χ0n) is 18.5. The standard InChI is InChI=1S/C27H24FN3O3/c28-23-10-3-1-7-21(23)18-31-24-11-4-2-6-19(24)17-25(31)27(34)30-14-12-29(13-15-30)26(33)20-8-5-9-22(32)16-20/h1-11,16-17,32H,12-15,18H2.